The van der Waals surface area contributed by atoms with Gasteiger partial charge >= 0.3 is 6.18 Å². The lowest BCUT2D eigenvalue weighted by Gasteiger charge is -2.43. The predicted octanol–water partition coefficient (Wildman–Crippen LogP) is 2.94. The summed E-state index contributed by atoms with van der Waals surface area (Å²) < 4.78 is 66.5. The standard InChI is InChI=1S/C20H16F3N5O3S2/c1-25-33(30,31)14-5-3-12(4-6-14)28-18(32)27(17(29)19(28)7-2-8-19)13-9-15(20(21,22)23)16(10-24)26-11-13/h3-6,9,11,25H,2,7-8H2,1H3. The van der Waals surface area contributed by atoms with Crippen LogP contribution in [0.5, 0.6) is 0 Å². The van der Waals surface area contributed by atoms with Crippen LogP contribution in [0.25, 0.3) is 0 Å². The zero-order chi connectivity index (χ0) is 24.2. The minimum absolute atomic E-state index is 0.0100. The van der Waals surface area contributed by atoms with Crippen molar-refractivity contribution in [3.63, 3.8) is 0 Å². The summed E-state index contributed by atoms with van der Waals surface area (Å²) in [6, 6.07) is 7.79. The Labute approximate surface area is 192 Å². The first-order chi connectivity index (χ1) is 15.5. The molecule has 2 aromatic rings. The minimum atomic E-state index is -4.85. The van der Waals surface area contributed by atoms with Crippen molar-refractivity contribution in [2.24, 2.45) is 0 Å². The lowest BCUT2D eigenvalue weighted by molar-refractivity contribution is -0.138. The van der Waals surface area contributed by atoms with Crippen LogP contribution in [0.15, 0.2) is 41.4 Å². The Morgan fingerprint density at radius 1 is 1.21 bits per heavy atom. The van der Waals surface area contributed by atoms with Crippen LogP contribution >= 0.6 is 12.2 Å². The summed E-state index contributed by atoms with van der Waals surface area (Å²) in [6.45, 7) is 0. The smallest absolute Gasteiger partial charge is 0.303 e. The molecule has 1 N–H and O–H groups in total. The number of pyridine rings is 1. The third-order valence-corrected chi connectivity index (χ3v) is 7.60. The number of amides is 1. The summed E-state index contributed by atoms with van der Waals surface area (Å²) >= 11 is 5.51. The number of nitrogens with zero attached hydrogens (tertiary/aromatic N) is 4. The van der Waals surface area contributed by atoms with Crippen LogP contribution in [0, 0.1) is 11.3 Å². The van der Waals surface area contributed by atoms with Gasteiger partial charge in [-0.25, -0.2) is 18.1 Å². The molecule has 13 heteroatoms. The number of hydrogen-bond acceptors (Lipinski definition) is 6. The Kier molecular flexibility index (Phi) is 5.43. The number of halogens is 3. The number of carbonyl (C=O) groups is 1. The number of thiocarbonyl (C=S) groups is 1. The van der Waals surface area contributed by atoms with E-state index in [0.717, 1.165) is 11.1 Å². The molecule has 0 unspecified atom stereocenters. The van der Waals surface area contributed by atoms with Crippen LogP contribution in [-0.4, -0.2) is 37.0 Å². The topological polar surface area (TPSA) is 106 Å². The Bertz CT molecular complexity index is 1300. The number of alkyl halides is 3. The van der Waals surface area contributed by atoms with E-state index in [4.69, 9.17) is 17.5 Å². The summed E-state index contributed by atoms with van der Waals surface area (Å²) in [4.78, 5) is 19.6. The maximum Gasteiger partial charge on any atom is 0.419 e. The van der Waals surface area contributed by atoms with Gasteiger partial charge in [0.2, 0.25) is 10.0 Å². The largest absolute Gasteiger partial charge is 0.419 e. The third-order valence-electron chi connectivity index (χ3n) is 5.81. The molecule has 2 aliphatic rings. The van der Waals surface area contributed by atoms with E-state index in [1.165, 1.54) is 37.4 Å². The number of rotatable bonds is 4. The summed E-state index contributed by atoms with van der Waals surface area (Å²) in [5, 5.41) is 8.93. The van der Waals surface area contributed by atoms with Gasteiger partial charge in [0.25, 0.3) is 5.91 Å². The number of carbonyl (C=O) groups excluding carboxylic acids is 1. The molecule has 1 aromatic carbocycles. The highest BCUT2D eigenvalue weighted by atomic mass is 32.2. The zero-order valence-electron chi connectivity index (χ0n) is 17.0. The number of nitriles is 1. The van der Waals surface area contributed by atoms with Gasteiger partial charge in [0.15, 0.2) is 10.8 Å². The second kappa shape index (κ2) is 7.75. The molecule has 1 amide bonds. The van der Waals surface area contributed by atoms with E-state index in [-0.39, 0.29) is 15.7 Å². The van der Waals surface area contributed by atoms with E-state index in [1.807, 2.05) is 0 Å². The van der Waals surface area contributed by atoms with Crippen molar-refractivity contribution >= 4 is 44.6 Å². The number of hydrogen-bond donors (Lipinski definition) is 1. The summed E-state index contributed by atoms with van der Waals surface area (Å²) in [7, 11) is -2.40. The summed E-state index contributed by atoms with van der Waals surface area (Å²) in [5.41, 5.74) is -2.91. The molecule has 1 saturated heterocycles. The Morgan fingerprint density at radius 3 is 2.33 bits per heavy atom. The average Bonchev–Trinajstić information content (AvgIpc) is 2.99. The van der Waals surface area contributed by atoms with Crippen LogP contribution in [0.3, 0.4) is 0 Å². The van der Waals surface area contributed by atoms with Gasteiger partial charge < -0.3 is 4.90 Å². The van der Waals surface area contributed by atoms with Crippen molar-refractivity contribution < 1.29 is 26.4 Å². The SMILES string of the molecule is CNS(=O)(=O)c1ccc(N2C(=S)N(c3cnc(C#N)c(C(F)(F)F)c3)C(=O)C23CCC3)cc1. The van der Waals surface area contributed by atoms with Gasteiger partial charge in [0.05, 0.1) is 22.3 Å². The van der Waals surface area contributed by atoms with Gasteiger partial charge in [0.1, 0.15) is 11.6 Å². The summed E-state index contributed by atoms with van der Waals surface area (Å²) in [6.07, 6.45) is -2.27. The second-order valence-corrected chi connectivity index (χ2v) is 9.80. The molecule has 1 spiro atoms. The van der Waals surface area contributed by atoms with Gasteiger partial charge in [-0.1, -0.05) is 0 Å². The molecule has 0 atom stereocenters. The van der Waals surface area contributed by atoms with Gasteiger partial charge in [-0.05, 0) is 68.9 Å². The van der Waals surface area contributed by atoms with Crippen molar-refractivity contribution in [1.82, 2.24) is 9.71 Å². The molecule has 8 nitrogen and oxygen atoms in total. The van der Waals surface area contributed by atoms with Crippen LogP contribution in [0.4, 0.5) is 24.5 Å². The van der Waals surface area contributed by atoms with Crippen molar-refractivity contribution in [2.45, 2.75) is 35.9 Å². The highest BCUT2D eigenvalue weighted by Gasteiger charge is 2.59. The van der Waals surface area contributed by atoms with Crippen molar-refractivity contribution in [3.05, 3.63) is 47.8 Å². The van der Waals surface area contributed by atoms with Crippen molar-refractivity contribution in [1.29, 1.82) is 5.26 Å². The quantitative estimate of drug-likeness (QED) is 0.650. The van der Waals surface area contributed by atoms with E-state index in [9.17, 15) is 26.4 Å². The molecule has 33 heavy (non-hydrogen) atoms. The maximum absolute atomic E-state index is 13.4. The second-order valence-electron chi connectivity index (χ2n) is 7.54. The number of anilines is 2. The van der Waals surface area contributed by atoms with Crippen LogP contribution in [0.2, 0.25) is 0 Å². The summed E-state index contributed by atoms with van der Waals surface area (Å²) in [5.74, 6) is -0.495. The fourth-order valence-electron chi connectivity index (χ4n) is 3.98. The van der Waals surface area contributed by atoms with Crippen molar-refractivity contribution in [3.8, 4) is 6.07 Å². The Morgan fingerprint density at radius 2 is 1.85 bits per heavy atom. The molecule has 1 aliphatic heterocycles. The number of nitrogens with one attached hydrogen (secondary N) is 1. The molecule has 4 rings (SSSR count). The molecular formula is C20H16F3N5O3S2. The van der Waals surface area contributed by atoms with E-state index in [0.29, 0.717) is 31.0 Å². The number of sulfonamides is 1. The number of benzene rings is 1. The molecule has 0 bridgehead atoms. The molecule has 0 radical (unpaired) electrons. The molecule has 172 valence electrons. The molecule has 2 heterocycles. The van der Waals surface area contributed by atoms with Crippen molar-refractivity contribution in [2.75, 3.05) is 16.8 Å². The van der Waals surface area contributed by atoms with Crippen LogP contribution in [-0.2, 0) is 21.0 Å². The fraction of sp³-hybridized carbons (Fsp3) is 0.300. The van der Waals surface area contributed by atoms with E-state index in [1.54, 1.807) is 4.90 Å². The lowest BCUT2D eigenvalue weighted by atomic mass is 9.75. The highest BCUT2D eigenvalue weighted by Crippen LogP contribution is 2.48. The lowest BCUT2D eigenvalue weighted by Crippen LogP contribution is -2.55. The molecule has 2 fully saturated rings. The first-order valence-corrected chi connectivity index (χ1v) is 11.5. The predicted molar refractivity (Wildman–Crippen MR) is 116 cm³/mol. The van der Waals surface area contributed by atoms with Gasteiger partial charge in [-0.3, -0.25) is 9.69 Å². The molecule has 1 saturated carbocycles. The zero-order valence-corrected chi connectivity index (χ0v) is 18.7. The van der Waals surface area contributed by atoms with Gasteiger partial charge in [0, 0.05) is 5.69 Å². The minimum Gasteiger partial charge on any atom is -0.303 e. The van der Waals surface area contributed by atoms with Crippen LogP contribution in [0.1, 0.15) is 30.5 Å². The molecule has 1 aromatic heterocycles. The molecular weight excluding hydrogens is 479 g/mol. The Balaban J connectivity index is 1.78. The Hall–Kier alpha value is -3.08. The normalized spacial score (nSPS) is 17.9. The van der Waals surface area contributed by atoms with E-state index >= 15 is 0 Å². The third kappa shape index (κ3) is 3.54. The monoisotopic (exact) mass is 495 g/mol. The van der Waals surface area contributed by atoms with Crippen LogP contribution < -0.4 is 14.5 Å². The van der Waals surface area contributed by atoms with E-state index < -0.39 is 38.9 Å². The van der Waals surface area contributed by atoms with Gasteiger partial charge in [-0.15, -0.1) is 0 Å². The first kappa shape index (κ1) is 23.1. The molecule has 1 aliphatic carbocycles. The fourth-order valence-corrected chi connectivity index (χ4v) is 5.18. The first-order valence-electron chi connectivity index (χ1n) is 9.66. The highest BCUT2D eigenvalue weighted by molar-refractivity contribution is 7.89. The number of aromatic nitrogens is 1. The maximum atomic E-state index is 13.4. The van der Waals surface area contributed by atoms with Gasteiger partial charge in [-0.2, -0.15) is 18.4 Å². The van der Waals surface area contributed by atoms with E-state index in [2.05, 4.69) is 9.71 Å². The average molecular weight is 496 g/mol.